The molecule has 24 heavy (non-hydrogen) atoms. The van der Waals surface area contributed by atoms with Crippen LogP contribution < -0.4 is 0 Å². The molecule has 4 heteroatoms. The monoisotopic (exact) mass is 352 g/mol. The number of rotatable bonds is 5. The summed E-state index contributed by atoms with van der Waals surface area (Å²) in [5.41, 5.74) is 1.59. The van der Waals surface area contributed by atoms with Crippen LogP contribution in [0.3, 0.4) is 0 Å². The Hall–Kier alpha value is -1.16. The first-order valence-corrected chi connectivity index (χ1v) is 9.44. The second kappa shape index (κ2) is 7.81. The zero-order valence-corrected chi connectivity index (χ0v) is 17.1. The molecule has 0 heterocycles. The predicted molar refractivity (Wildman–Crippen MR) is 102 cm³/mol. The van der Waals surface area contributed by atoms with E-state index in [1.807, 2.05) is 13.8 Å². The first kappa shape index (κ1) is 20.9. The van der Waals surface area contributed by atoms with Gasteiger partial charge in [-0.15, -0.1) is 11.8 Å². The number of aromatic hydroxyl groups is 1. The van der Waals surface area contributed by atoms with Crippen molar-refractivity contribution in [1.82, 2.24) is 0 Å². The van der Waals surface area contributed by atoms with E-state index in [9.17, 15) is 9.90 Å². The minimum Gasteiger partial charge on any atom is -0.507 e. The molecule has 0 radical (unpaired) electrons. The summed E-state index contributed by atoms with van der Waals surface area (Å²) in [6.45, 7) is 16.9. The second-order valence-corrected chi connectivity index (χ2v) is 9.82. The van der Waals surface area contributed by atoms with Crippen LogP contribution in [0, 0.1) is 0 Å². The first-order valence-electron chi connectivity index (χ1n) is 8.56. The topological polar surface area (TPSA) is 46.5 Å². The number of carbonyl (C=O) groups excluding carboxylic acids is 1. The quantitative estimate of drug-likeness (QED) is 0.567. The maximum Gasteiger partial charge on any atom is 0.306 e. The summed E-state index contributed by atoms with van der Waals surface area (Å²) in [6.07, 6.45) is 0.384. The largest absolute Gasteiger partial charge is 0.507 e. The summed E-state index contributed by atoms with van der Waals surface area (Å²) in [7, 11) is 0. The van der Waals surface area contributed by atoms with E-state index in [0.29, 0.717) is 18.8 Å². The van der Waals surface area contributed by atoms with Gasteiger partial charge in [0.15, 0.2) is 0 Å². The van der Waals surface area contributed by atoms with Crippen molar-refractivity contribution in [3.05, 3.63) is 23.3 Å². The minimum atomic E-state index is -0.164. The fourth-order valence-corrected chi connectivity index (χ4v) is 3.60. The van der Waals surface area contributed by atoms with E-state index in [-0.39, 0.29) is 22.0 Å². The van der Waals surface area contributed by atoms with Gasteiger partial charge in [-0.05, 0) is 29.9 Å². The van der Waals surface area contributed by atoms with Crippen LogP contribution >= 0.6 is 11.8 Å². The van der Waals surface area contributed by atoms with Crippen LogP contribution in [0.2, 0.25) is 0 Å². The molecule has 0 aromatic heterocycles. The molecule has 1 unspecified atom stereocenters. The Labute approximate surface area is 151 Å². The highest BCUT2D eigenvalue weighted by atomic mass is 32.2. The molecule has 1 atom stereocenters. The van der Waals surface area contributed by atoms with Crippen LogP contribution in [-0.2, 0) is 20.4 Å². The summed E-state index contributed by atoms with van der Waals surface area (Å²) in [5, 5.41) is 10.9. The van der Waals surface area contributed by atoms with Crippen LogP contribution in [0.25, 0.3) is 0 Å². The SMILES string of the molecule is CCOC(=O)CC(C)Sc1cc(C(C)(C)C)c(O)c(C(C)(C)C)c1. The lowest BCUT2D eigenvalue weighted by Gasteiger charge is -2.28. The molecule has 0 saturated carbocycles. The van der Waals surface area contributed by atoms with Crippen molar-refractivity contribution in [2.45, 2.75) is 82.8 Å². The summed E-state index contributed by atoms with van der Waals surface area (Å²) in [4.78, 5) is 12.8. The number of thioether (sulfide) groups is 1. The van der Waals surface area contributed by atoms with Crippen LogP contribution in [0.5, 0.6) is 5.75 Å². The zero-order valence-electron chi connectivity index (χ0n) is 16.3. The van der Waals surface area contributed by atoms with Crippen LogP contribution in [0.15, 0.2) is 17.0 Å². The molecular formula is C20H32O3S. The van der Waals surface area contributed by atoms with Crippen molar-refractivity contribution in [3.63, 3.8) is 0 Å². The molecule has 0 saturated heterocycles. The number of phenols is 1. The molecule has 0 spiro atoms. The van der Waals surface area contributed by atoms with E-state index in [1.165, 1.54) is 0 Å². The number of hydrogen-bond donors (Lipinski definition) is 1. The Morgan fingerprint density at radius 3 is 1.96 bits per heavy atom. The Morgan fingerprint density at radius 1 is 1.12 bits per heavy atom. The molecular weight excluding hydrogens is 320 g/mol. The van der Waals surface area contributed by atoms with Gasteiger partial charge in [-0.3, -0.25) is 4.79 Å². The molecule has 0 bridgehead atoms. The summed E-state index contributed by atoms with van der Waals surface area (Å²) in [5.74, 6) is 0.223. The van der Waals surface area contributed by atoms with E-state index in [4.69, 9.17) is 4.74 Å². The van der Waals surface area contributed by atoms with Gasteiger partial charge in [-0.2, -0.15) is 0 Å². The van der Waals surface area contributed by atoms with Gasteiger partial charge in [-0.1, -0.05) is 48.5 Å². The Morgan fingerprint density at radius 2 is 1.58 bits per heavy atom. The maximum atomic E-state index is 11.7. The van der Waals surface area contributed by atoms with Gasteiger partial charge in [0.05, 0.1) is 13.0 Å². The first-order chi connectivity index (χ1) is 10.9. The summed E-state index contributed by atoms with van der Waals surface area (Å²) >= 11 is 1.66. The van der Waals surface area contributed by atoms with E-state index in [0.717, 1.165) is 16.0 Å². The number of benzene rings is 1. The fraction of sp³-hybridized carbons (Fsp3) is 0.650. The smallest absolute Gasteiger partial charge is 0.306 e. The highest BCUT2D eigenvalue weighted by Crippen LogP contribution is 2.42. The van der Waals surface area contributed by atoms with Gasteiger partial charge >= 0.3 is 5.97 Å². The van der Waals surface area contributed by atoms with E-state index in [1.54, 1.807) is 11.8 Å². The van der Waals surface area contributed by atoms with Gasteiger partial charge in [0.1, 0.15) is 5.75 Å². The number of phenolic OH excluding ortho intramolecular Hbond substituents is 1. The Bertz CT molecular complexity index is 545. The van der Waals surface area contributed by atoms with E-state index < -0.39 is 0 Å². The lowest BCUT2D eigenvalue weighted by Crippen LogP contribution is -2.17. The number of esters is 1. The van der Waals surface area contributed by atoms with Gasteiger partial charge in [0, 0.05) is 21.3 Å². The molecule has 0 aliphatic carbocycles. The Balaban J connectivity index is 3.18. The molecule has 3 nitrogen and oxygen atoms in total. The third-order valence-corrected chi connectivity index (χ3v) is 4.87. The number of ether oxygens (including phenoxy) is 1. The van der Waals surface area contributed by atoms with Crippen molar-refractivity contribution < 1.29 is 14.6 Å². The third kappa shape index (κ3) is 5.73. The van der Waals surface area contributed by atoms with Crippen LogP contribution in [0.1, 0.15) is 72.9 Å². The summed E-state index contributed by atoms with van der Waals surface area (Å²) < 4.78 is 5.03. The van der Waals surface area contributed by atoms with Crippen molar-refractivity contribution >= 4 is 17.7 Å². The molecule has 136 valence electrons. The lowest BCUT2D eigenvalue weighted by molar-refractivity contribution is -0.142. The van der Waals surface area contributed by atoms with Crippen molar-refractivity contribution in [2.75, 3.05) is 6.61 Å². The molecule has 1 aromatic rings. The molecule has 0 aliphatic heterocycles. The molecule has 0 fully saturated rings. The van der Waals surface area contributed by atoms with Gasteiger partial charge in [-0.25, -0.2) is 0 Å². The predicted octanol–water partition coefficient (Wildman–Crippen LogP) is 5.42. The van der Waals surface area contributed by atoms with Gasteiger partial charge < -0.3 is 9.84 Å². The maximum absolute atomic E-state index is 11.7. The van der Waals surface area contributed by atoms with Gasteiger partial charge in [0.2, 0.25) is 0 Å². The standard InChI is InChI=1S/C20H32O3S/c1-9-23-17(21)10-13(2)24-14-11-15(19(3,4)5)18(22)16(12-14)20(6,7)8/h11-13,22H,9-10H2,1-8H3. The minimum absolute atomic E-state index is 0.120. The second-order valence-electron chi connectivity index (χ2n) is 8.30. The highest BCUT2D eigenvalue weighted by molar-refractivity contribution is 8.00. The highest BCUT2D eigenvalue weighted by Gasteiger charge is 2.27. The van der Waals surface area contributed by atoms with Crippen molar-refractivity contribution in [2.24, 2.45) is 0 Å². The van der Waals surface area contributed by atoms with Crippen molar-refractivity contribution in [1.29, 1.82) is 0 Å². The zero-order chi connectivity index (χ0) is 18.7. The Kier molecular flexibility index (Phi) is 6.80. The van der Waals surface area contributed by atoms with Gasteiger partial charge in [0.25, 0.3) is 0 Å². The molecule has 1 rings (SSSR count). The fourth-order valence-electron chi connectivity index (χ4n) is 2.55. The van der Waals surface area contributed by atoms with Crippen LogP contribution in [0.4, 0.5) is 0 Å². The average molecular weight is 353 g/mol. The lowest BCUT2D eigenvalue weighted by atomic mass is 9.79. The molecule has 0 aliphatic rings. The molecule has 1 N–H and O–H groups in total. The molecule has 1 aromatic carbocycles. The van der Waals surface area contributed by atoms with Crippen LogP contribution in [-0.4, -0.2) is 22.9 Å². The third-order valence-electron chi connectivity index (χ3n) is 3.80. The van der Waals surface area contributed by atoms with Crippen molar-refractivity contribution in [3.8, 4) is 5.75 Å². The average Bonchev–Trinajstić information content (AvgIpc) is 2.37. The normalized spacial score (nSPS) is 13.7. The number of carbonyl (C=O) groups is 1. The van der Waals surface area contributed by atoms with E-state index >= 15 is 0 Å². The van der Waals surface area contributed by atoms with E-state index in [2.05, 4.69) is 53.7 Å². The molecule has 0 amide bonds. The summed E-state index contributed by atoms with van der Waals surface area (Å²) in [6, 6.07) is 4.10. The number of hydrogen-bond acceptors (Lipinski definition) is 4.